The number of hydrogen-bond donors (Lipinski definition) is 1. The Bertz CT molecular complexity index is 282. The molecule has 0 amide bonds. The second kappa shape index (κ2) is 6.67. The van der Waals surface area contributed by atoms with Crippen molar-refractivity contribution in [1.29, 1.82) is 0 Å². The first-order valence-corrected chi connectivity index (χ1v) is 8.20. The Morgan fingerprint density at radius 3 is 3.06 bits per heavy atom. The van der Waals surface area contributed by atoms with E-state index in [0.29, 0.717) is 0 Å². The van der Waals surface area contributed by atoms with Crippen molar-refractivity contribution in [2.75, 3.05) is 5.75 Å². The molecule has 90 valence electrons. The second-order valence-electron chi connectivity index (χ2n) is 4.35. The minimum atomic E-state index is 0.737. The van der Waals surface area contributed by atoms with Crippen molar-refractivity contribution < 1.29 is 0 Å². The Morgan fingerprint density at radius 2 is 2.31 bits per heavy atom. The average molecular weight is 255 g/mol. The van der Waals surface area contributed by atoms with Crippen molar-refractivity contribution in [1.82, 2.24) is 5.32 Å². The van der Waals surface area contributed by atoms with Crippen LogP contribution in [0.25, 0.3) is 0 Å². The van der Waals surface area contributed by atoms with Gasteiger partial charge in [0, 0.05) is 22.7 Å². The first-order valence-electron chi connectivity index (χ1n) is 6.27. The van der Waals surface area contributed by atoms with Crippen LogP contribution >= 0.6 is 23.1 Å². The smallest absolute Gasteiger partial charge is 0.0302 e. The lowest BCUT2D eigenvalue weighted by molar-refractivity contribution is 0.384. The molecule has 0 aliphatic heterocycles. The minimum absolute atomic E-state index is 0.737. The van der Waals surface area contributed by atoms with E-state index in [-0.39, 0.29) is 0 Å². The molecule has 0 saturated heterocycles. The first-order chi connectivity index (χ1) is 7.90. The molecule has 1 aliphatic carbocycles. The Balaban J connectivity index is 1.81. The van der Waals surface area contributed by atoms with Crippen LogP contribution in [0.4, 0.5) is 0 Å². The molecule has 2 rings (SSSR count). The highest BCUT2D eigenvalue weighted by atomic mass is 32.2. The van der Waals surface area contributed by atoms with Crippen molar-refractivity contribution in [3.05, 3.63) is 22.4 Å². The van der Waals surface area contributed by atoms with Gasteiger partial charge in [0.1, 0.15) is 0 Å². The molecule has 1 fully saturated rings. The van der Waals surface area contributed by atoms with Crippen molar-refractivity contribution in [2.45, 2.75) is 50.4 Å². The van der Waals surface area contributed by atoms with Crippen LogP contribution in [0.2, 0.25) is 0 Å². The van der Waals surface area contributed by atoms with E-state index >= 15 is 0 Å². The topological polar surface area (TPSA) is 12.0 Å². The maximum atomic E-state index is 3.75. The van der Waals surface area contributed by atoms with Gasteiger partial charge < -0.3 is 5.32 Å². The molecule has 3 heteroatoms. The lowest BCUT2D eigenvalue weighted by atomic mass is 9.95. The minimum Gasteiger partial charge on any atom is -0.308 e. The van der Waals surface area contributed by atoms with Crippen molar-refractivity contribution in [2.24, 2.45) is 0 Å². The van der Waals surface area contributed by atoms with Crippen LogP contribution in [0.3, 0.4) is 0 Å². The second-order valence-corrected chi connectivity index (χ2v) is 6.89. The normalized spacial score (nSPS) is 25.8. The SMILES string of the molecule is CCSC1CCCCC1NCc1cccs1. The van der Waals surface area contributed by atoms with Gasteiger partial charge in [0.25, 0.3) is 0 Å². The molecule has 0 radical (unpaired) electrons. The van der Waals surface area contributed by atoms with Crippen LogP contribution < -0.4 is 5.32 Å². The molecule has 2 atom stereocenters. The van der Waals surface area contributed by atoms with E-state index in [1.54, 1.807) is 0 Å². The maximum Gasteiger partial charge on any atom is 0.0302 e. The molecule has 1 saturated carbocycles. The highest BCUT2D eigenvalue weighted by Crippen LogP contribution is 2.28. The van der Waals surface area contributed by atoms with E-state index in [9.17, 15) is 0 Å². The van der Waals surface area contributed by atoms with Crippen LogP contribution in [0.1, 0.15) is 37.5 Å². The zero-order valence-electron chi connectivity index (χ0n) is 9.95. The quantitative estimate of drug-likeness (QED) is 0.856. The van der Waals surface area contributed by atoms with Gasteiger partial charge in [0.05, 0.1) is 0 Å². The number of rotatable bonds is 5. The van der Waals surface area contributed by atoms with E-state index in [4.69, 9.17) is 0 Å². The Kier molecular flexibility index (Phi) is 5.20. The summed E-state index contributed by atoms with van der Waals surface area (Å²) in [5.74, 6) is 1.25. The van der Waals surface area contributed by atoms with E-state index in [0.717, 1.165) is 17.8 Å². The van der Waals surface area contributed by atoms with Gasteiger partial charge >= 0.3 is 0 Å². The van der Waals surface area contributed by atoms with Crippen molar-refractivity contribution >= 4 is 23.1 Å². The van der Waals surface area contributed by atoms with E-state index in [2.05, 4.69) is 41.5 Å². The number of thioether (sulfide) groups is 1. The fourth-order valence-electron chi connectivity index (χ4n) is 2.39. The molecule has 1 nitrogen and oxygen atoms in total. The lowest BCUT2D eigenvalue weighted by Crippen LogP contribution is -2.40. The summed E-state index contributed by atoms with van der Waals surface area (Å²) in [5.41, 5.74) is 0. The predicted octanol–water partition coefficient (Wildman–Crippen LogP) is 3.90. The Morgan fingerprint density at radius 1 is 1.44 bits per heavy atom. The summed E-state index contributed by atoms with van der Waals surface area (Å²) in [4.78, 5) is 1.46. The van der Waals surface area contributed by atoms with Crippen LogP contribution in [0.15, 0.2) is 17.5 Å². The number of hydrogen-bond acceptors (Lipinski definition) is 3. The van der Waals surface area contributed by atoms with E-state index in [1.165, 1.54) is 36.3 Å². The molecule has 1 N–H and O–H groups in total. The van der Waals surface area contributed by atoms with Crippen LogP contribution in [0, 0.1) is 0 Å². The van der Waals surface area contributed by atoms with E-state index < -0.39 is 0 Å². The van der Waals surface area contributed by atoms with Gasteiger partial charge in [-0.05, 0) is 30.0 Å². The zero-order valence-corrected chi connectivity index (χ0v) is 11.6. The van der Waals surface area contributed by atoms with Gasteiger partial charge in [-0.1, -0.05) is 25.8 Å². The molecular weight excluding hydrogens is 234 g/mol. The Labute approximate surface area is 107 Å². The molecule has 16 heavy (non-hydrogen) atoms. The van der Waals surface area contributed by atoms with Gasteiger partial charge in [-0.3, -0.25) is 0 Å². The van der Waals surface area contributed by atoms with Crippen LogP contribution in [0.5, 0.6) is 0 Å². The van der Waals surface area contributed by atoms with Crippen LogP contribution in [-0.4, -0.2) is 17.0 Å². The molecule has 0 bridgehead atoms. The van der Waals surface area contributed by atoms with Gasteiger partial charge in [-0.2, -0.15) is 11.8 Å². The largest absolute Gasteiger partial charge is 0.308 e. The maximum absolute atomic E-state index is 3.75. The number of thiophene rings is 1. The molecule has 1 aromatic heterocycles. The molecule has 0 aromatic carbocycles. The molecule has 1 aliphatic rings. The molecule has 0 spiro atoms. The number of nitrogens with one attached hydrogen (secondary N) is 1. The summed E-state index contributed by atoms with van der Waals surface area (Å²) >= 11 is 4.00. The summed E-state index contributed by atoms with van der Waals surface area (Å²) in [5, 5.41) is 6.76. The molecular formula is C13H21NS2. The summed E-state index contributed by atoms with van der Waals surface area (Å²) in [6, 6.07) is 5.10. The first kappa shape index (κ1) is 12.5. The molecule has 2 unspecified atom stereocenters. The fraction of sp³-hybridized carbons (Fsp3) is 0.692. The van der Waals surface area contributed by atoms with Crippen molar-refractivity contribution in [3.8, 4) is 0 Å². The summed E-state index contributed by atoms with van der Waals surface area (Å²) < 4.78 is 0. The summed E-state index contributed by atoms with van der Waals surface area (Å²) in [7, 11) is 0. The van der Waals surface area contributed by atoms with Gasteiger partial charge in [0.2, 0.25) is 0 Å². The third kappa shape index (κ3) is 3.51. The average Bonchev–Trinajstić information content (AvgIpc) is 2.81. The lowest BCUT2D eigenvalue weighted by Gasteiger charge is -2.31. The third-order valence-electron chi connectivity index (χ3n) is 3.20. The van der Waals surface area contributed by atoms with E-state index in [1.807, 2.05) is 11.3 Å². The molecule has 1 aromatic rings. The van der Waals surface area contributed by atoms with Gasteiger partial charge in [-0.25, -0.2) is 0 Å². The standard InChI is InChI=1S/C13H21NS2/c1-2-15-13-8-4-3-7-12(13)14-10-11-6-5-9-16-11/h5-6,9,12-14H,2-4,7-8,10H2,1H3. The van der Waals surface area contributed by atoms with Gasteiger partial charge in [-0.15, -0.1) is 11.3 Å². The summed E-state index contributed by atoms with van der Waals surface area (Å²) in [6.45, 7) is 3.33. The monoisotopic (exact) mass is 255 g/mol. The highest BCUT2D eigenvalue weighted by molar-refractivity contribution is 7.99. The fourth-order valence-corrected chi connectivity index (χ4v) is 4.27. The predicted molar refractivity (Wildman–Crippen MR) is 75.3 cm³/mol. The van der Waals surface area contributed by atoms with Crippen LogP contribution in [-0.2, 0) is 6.54 Å². The highest BCUT2D eigenvalue weighted by Gasteiger charge is 2.24. The summed E-state index contributed by atoms with van der Waals surface area (Å²) in [6.07, 6.45) is 5.60. The molecule has 1 heterocycles. The zero-order chi connectivity index (χ0) is 11.2. The Hall–Kier alpha value is 0.01000. The van der Waals surface area contributed by atoms with Crippen molar-refractivity contribution in [3.63, 3.8) is 0 Å². The third-order valence-corrected chi connectivity index (χ3v) is 5.40. The van der Waals surface area contributed by atoms with Gasteiger partial charge in [0.15, 0.2) is 0 Å².